The first-order valence-corrected chi connectivity index (χ1v) is 12.8. The van der Waals surface area contributed by atoms with Gasteiger partial charge >= 0.3 is 0 Å². The first-order valence-electron chi connectivity index (χ1n) is 12.5. The number of carbonyl (C=O) groups is 1. The van der Waals surface area contributed by atoms with Crippen LogP contribution in [0.5, 0.6) is 0 Å². The molecule has 0 N–H and O–H groups in total. The second kappa shape index (κ2) is 12.3. The number of para-hydroxylation sites is 1. The second-order valence-corrected chi connectivity index (χ2v) is 9.87. The maximum absolute atomic E-state index is 13.8. The number of halogens is 1. The van der Waals surface area contributed by atoms with Gasteiger partial charge in [-0.2, -0.15) is 0 Å². The lowest BCUT2D eigenvalue weighted by Gasteiger charge is -2.32. The van der Waals surface area contributed by atoms with Crippen LogP contribution in [0.1, 0.15) is 63.4 Å². The smallest absolute Gasteiger partial charge is 0.266 e. The van der Waals surface area contributed by atoms with Gasteiger partial charge in [0.15, 0.2) is 0 Å². The minimum Gasteiger partial charge on any atom is -0.331 e. The van der Waals surface area contributed by atoms with E-state index in [-0.39, 0.29) is 17.5 Å². The average molecular weight is 497 g/mol. The van der Waals surface area contributed by atoms with Gasteiger partial charge in [0, 0.05) is 24.5 Å². The molecule has 188 valence electrons. The normalized spacial score (nSPS) is 12.3. The zero-order valence-corrected chi connectivity index (χ0v) is 22.3. The van der Waals surface area contributed by atoms with Crippen LogP contribution in [0.4, 0.5) is 0 Å². The van der Waals surface area contributed by atoms with Crippen molar-refractivity contribution in [2.24, 2.45) is 0 Å². The summed E-state index contributed by atoms with van der Waals surface area (Å²) in [5, 5.41) is 1.15. The van der Waals surface area contributed by atoms with Crippen LogP contribution in [0.25, 0.3) is 16.6 Å². The van der Waals surface area contributed by atoms with Gasteiger partial charge in [-0.1, -0.05) is 49.9 Å². The number of aromatic nitrogens is 2. The van der Waals surface area contributed by atoms with Crippen molar-refractivity contribution >= 4 is 28.4 Å². The molecule has 0 saturated carbocycles. The Hall–Kier alpha value is -2.70. The van der Waals surface area contributed by atoms with Gasteiger partial charge in [0.1, 0.15) is 5.82 Å². The fraction of sp³-hybridized carbons (Fsp3) is 0.464. The third kappa shape index (κ3) is 6.50. The van der Waals surface area contributed by atoms with E-state index >= 15 is 0 Å². The molecule has 35 heavy (non-hydrogen) atoms. The molecule has 1 aromatic heterocycles. The summed E-state index contributed by atoms with van der Waals surface area (Å²) < 4.78 is 1.66. The summed E-state index contributed by atoms with van der Waals surface area (Å²) in [6.45, 7) is 7.35. The number of nitrogens with zero attached hydrogens (tertiary/aromatic N) is 4. The van der Waals surface area contributed by atoms with Gasteiger partial charge in [0.25, 0.3) is 5.56 Å². The lowest BCUT2D eigenvalue weighted by molar-refractivity contribution is -0.133. The molecule has 6 nitrogen and oxygen atoms in total. The van der Waals surface area contributed by atoms with Crippen LogP contribution >= 0.6 is 11.6 Å². The summed E-state index contributed by atoms with van der Waals surface area (Å²) in [5.74, 6) is 0.650. The molecule has 3 aromatic rings. The molecular weight excluding hydrogens is 460 g/mol. The van der Waals surface area contributed by atoms with Gasteiger partial charge in [0.2, 0.25) is 5.91 Å². The third-order valence-corrected chi connectivity index (χ3v) is 6.63. The molecule has 0 radical (unpaired) electrons. The number of carbonyl (C=O) groups excluding carboxylic acids is 1. The molecule has 0 aliphatic carbocycles. The molecule has 1 amide bonds. The van der Waals surface area contributed by atoms with E-state index in [1.165, 1.54) is 0 Å². The number of benzene rings is 2. The number of rotatable bonds is 11. The van der Waals surface area contributed by atoms with Crippen molar-refractivity contribution in [3.05, 3.63) is 69.2 Å². The third-order valence-electron chi connectivity index (χ3n) is 6.40. The van der Waals surface area contributed by atoms with Crippen LogP contribution in [-0.4, -0.2) is 52.4 Å². The molecule has 0 aliphatic rings. The molecular formula is C28H37ClN4O2. The van der Waals surface area contributed by atoms with Crippen LogP contribution in [0, 0.1) is 6.92 Å². The van der Waals surface area contributed by atoms with Gasteiger partial charge in [-0.3, -0.25) is 14.2 Å². The summed E-state index contributed by atoms with van der Waals surface area (Å²) >= 11 is 6.21. The first-order chi connectivity index (χ1) is 16.7. The average Bonchev–Trinajstić information content (AvgIpc) is 2.82. The molecule has 0 aliphatic heterocycles. The van der Waals surface area contributed by atoms with Gasteiger partial charge in [-0.25, -0.2) is 4.98 Å². The predicted octanol–water partition coefficient (Wildman–Crippen LogP) is 5.77. The Bertz CT molecular complexity index is 1220. The molecule has 2 aromatic carbocycles. The highest BCUT2D eigenvalue weighted by Gasteiger charge is 2.27. The number of likely N-dealkylation sites (N-methyl/N-ethyl adjacent to an activating group) is 1. The minimum absolute atomic E-state index is 0.0947. The summed E-state index contributed by atoms with van der Waals surface area (Å²) in [6, 6.07) is 12.5. The van der Waals surface area contributed by atoms with E-state index < -0.39 is 0 Å². The van der Waals surface area contributed by atoms with Crippen molar-refractivity contribution < 1.29 is 4.79 Å². The monoisotopic (exact) mass is 496 g/mol. The van der Waals surface area contributed by atoms with E-state index in [2.05, 4.69) is 11.8 Å². The number of aryl methyl sites for hydroxylation is 1. The topological polar surface area (TPSA) is 58.4 Å². The predicted molar refractivity (Wildman–Crippen MR) is 145 cm³/mol. The highest BCUT2D eigenvalue weighted by molar-refractivity contribution is 6.30. The summed E-state index contributed by atoms with van der Waals surface area (Å²) in [4.78, 5) is 36.1. The van der Waals surface area contributed by atoms with Gasteiger partial charge in [0.05, 0.1) is 22.6 Å². The van der Waals surface area contributed by atoms with Gasteiger partial charge < -0.3 is 9.80 Å². The van der Waals surface area contributed by atoms with Crippen LogP contribution in [0.3, 0.4) is 0 Å². The Morgan fingerprint density at radius 3 is 2.51 bits per heavy atom. The Labute approximate surface area is 213 Å². The van der Waals surface area contributed by atoms with Crippen molar-refractivity contribution in [2.75, 3.05) is 27.2 Å². The Balaban J connectivity index is 2.13. The zero-order valence-electron chi connectivity index (χ0n) is 21.6. The fourth-order valence-corrected chi connectivity index (χ4v) is 4.59. The van der Waals surface area contributed by atoms with Crippen molar-refractivity contribution in [1.29, 1.82) is 0 Å². The number of amides is 1. The van der Waals surface area contributed by atoms with E-state index in [0.717, 1.165) is 43.5 Å². The van der Waals surface area contributed by atoms with Crippen molar-refractivity contribution in [3.63, 3.8) is 0 Å². The van der Waals surface area contributed by atoms with Gasteiger partial charge in [-0.15, -0.1) is 0 Å². The quantitative estimate of drug-likeness (QED) is 0.316. The Kier molecular flexibility index (Phi) is 9.47. The summed E-state index contributed by atoms with van der Waals surface area (Å²) in [6.07, 6.45) is 4.66. The molecule has 0 saturated heterocycles. The van der Waals surface area contributed by atoms with Crippen LogP contribution in [-0.2, 0) is 4.79 Å². The molecule has 0 fully saturated rings. The molecule has 1 atom stereocenters. The van der Waals surface area contributed by atoms with Crippen LogP contribution in [0.15, 0.2) is 47.3 Å². The molecule has 0 bridgehead atoms. The van der Waals surface area contributed by atoms with E-state index in [4.69, 9.17) is 16.6 Å². The molecule has 1 heterocycles. The van der Waals surface area contributed by atoms with E-state index in [1.807, 2.05) is 63.2 Å². The first kappa shape index (κ1) is 26.9. The second-order valence-electron chi connectivity index (χ2n) is 9.44. The number of hydrogen-bond acceptors (Lipinski definition) is 4. The van der Waals surface area contributed by atoms with E-state index in [0.29, 0.717) is 34.7 Å². The number of unbranched alkanes of at least 4 members (excludes halogenated alkanes) is 3. The van der Waals surface area contributed by atoms with Crippen molar-refractivity contribution in [2.45, 2.75) is 58.9 Å². The SMILES string of the molecule is CCCCCCC(=O)N(CCN(C)C)C(C)c1nc2ccccc2c(=O)n1-c1ccc(Cl)cc1C. The minimum atomic E-state index is -0.388. The maximum Gasteiger partial charge on any atom is 0.266 e. The highest BCUT2D eigenvalue weighted by Crippen LogP contribution is 2.26. The van der Waals surface area contributed by atoms with Crippen LogP contribution < -0.4 is 5.56 Å². The fourth-order valence-electron chi connectivity index (χ4n) is 4.36. The lowest BCUT2D eigenvalue weighted by Crippen LogP contribution is -2.41. The lowest BCUT2D eigenvalue weighted by atomic mass is 10.1. The molecule has 0 spiro atoms. The number of hydrogen-bond donors (Lipinski definition) is 0. The van der Waals surface area contributed by atoms with E-state index in [1.54, 1.807) is 16.7 Å². The highest BCUT2D eigenvalue weighted by atomic mass is 35.5. The van der Waals surface area contributed by atoms with Gasteiger partial charge in [-0.05, 0) is 70.3 Å². The zero-order chi connectivity index (χ0) is 25.5. The largest absolute Gasteiger partial charge is 0.331 e. The molecule has 7 heteroatoms. The van der Waals surface area contributed by atoms with Crippen molar-refractivity contribution in [1.82, 2.24) is 19.4 Å². The van der Waals surface area contributed by atoms with Crippen LogP contribution in [0.2, 0.25) is 5.02 Å². The Morgan fingerprint density at radius 1 is 1.09 bits per heavy atom. The van der Waals surface area contributed by atoms with Crippen molar-refractivity contribution in [3.8, 4) is 5.69 Å². The van der Waals surface area contributed by atoms with E-state index in [9.17, 15) is 9.59 Å². The Morgan fingerprint density at radius 2 is 1.83 bits per heavy atom. The standard InChI is InChI=1S/C28H37ClN4O2/c1-6-7-8-9-14-26(34)32(18-17-31(4)5)21(3)27-30-24-13-11-10-12-23(24)28(35)33(27)25-16-15-22(29)19-20(25)2/h10-13,15-16,19,21H,6-9,14,17-18H2,1-5H3. The molecule has 3 rings (SSSR count). The maximum atomic E-state index is 13.8. The number of fused-ring (bicyclic) bond motifs is 1. The summed E-state index contributed by atoms with van der Waals surface area (Å²) in [5.41, 5.74) is 2.08. The summed E-state index contributed by atoms with van der Waals surface area (Å²) in [7, 11) is 3.99. The molecule has 1 unspecified atom stereocenters.